The minimum absolute atomic E-state index is 0.0256. The number of nitro benzene ring substituents is 1. The molecule has 16 heavy (non-hydrogen) atoms. The van der Waals surface area contributed by atoms with Crippen molar-refractivity contribution in [3.63, 3.8) is 0 Å². The first kappa shape index (κ1) is 12.3. The standard InChI is InChI=1S/C11H12FNO3/c1-2-3-7-16-8-9-5-4-6-10(11(9)12)13(14)15/h2-6H,7-8H2,1H3/b3-2+. The fourth-order valence-electron chi connectivity index (χ4n) is 1.15. The third-order valence-corrected chi connectivity index (χ3v) is 1.96. The molecule has 0 saturated carbocycles. The molecule has 0 amide bonds. The molecule has 0 aliphatic carbocycles. The second kappa shape index (κ2) is 5.97. The van der Waals surface area contributed by atoms with Gasteiger partial charge in [0.05, 0.1) is 18.1 Å². The van der Waals surface area contributed by atoms with Gasteiger partial charge in [-0.1, -0.05) is 24.3 Å². The molecule has 0 radical (unpaired) electrons. The van der Waals surface area contributed by atoms with Gasteiger partial charge in [0.1, 0.15) is 0 Å². The predicted octanol–water partition coefficient (Wildman–Crippen LogP) is 2.83. The van der Waals surface area contributed by atoms with E-state index in [1.807, 2.05) is 13.0 Å². The maximum Gasteiger partial charge on any atom is 0.305 e. The minimum Gasteiger partial charge on any atom is -0.373 e. The summed E-state index contributed by atoms with van der Waals surface area (Å²) in [5.41, 5.74) is -0.328. The Labute approximate surface area is 92.5 Å². The molecule has 0 saturated heterocycles. The van der Waals surface area contributed by atoms with Crippen LogP contribution in [0.1, 0.15) is 12.5 Å². The zero-order valence-corrected chi connectivity index (χ0v) is 8.85. The van der Waals surface area contributed by atoms with Crippen molar-refractivity contribution >= 4 is 5.69 Å². The lowest BCUT2D eigenvalue weighted by atomic mass is 10.2. The summed E-state index contributed by atoms with van der Waals surface area (Å²) in [5, 5.41) is 10.5. The van der Waals surface area contributed by atoms with Gasteiger partial charge in [0.25, 0.3) is 0 Å². The molecule has 0 unspecified atom stereocenters. The number of nitrogens with zero attached hydrogens (tertiary/aromatic N) is 1. The van der Waals surface area contributed by atoms with Gasteiger partial charge >= 0.3 is 5.69 Å². The summed E-state index contributed by atoms with van der Waals surface area (Å²) < 4.78 is 18.6. The molecule has 86 valence electrons. The maximum atomic E-state index is 13.5. The van der Waals surface area contributed by atoms with Gasteiger partial charge in [-0.2, -0.15) is 4.39 Å². The Bertz CT molecular complexity index is 404. The molecule has 0 aliphatic heterocycles. The first-order valence-electron chi connectivity index (χ1n) is 4.77. The van der Waals surface area contributed by atoms with Crippen LogP contribution >= 0.6 is 0 Å². The van der Waals surface area contributed by atoms with Gasteiger partial charge < -0.3 is 4.74 Å². The van der Waals surface area contributed by atoms with Crippen LogP contribution in [-0.2, 0) is 11.3 Å². The lowest BCUT2D eigenvalue weighted by Gasteiger charge is -2.03. The smallest absolute Gasteiger partial charge is 0.305 e. The molecule has 5 heteroatoms. The Morgan fingerprint density at radius 1 is 1.56 bits per heavy atom. The van der Waals surface area contributed by atoms with Crippen molar-refractivity contribution in [1.29, 1.82) is 0 Å². The van der Waals surface area contributed by atoms with Gasteiger partial charge in [-0.25, -0.2) is 0 Å². The number of hydrogen-bond acceptors (Lipinski definition) is 3. The van der Waals surface area contributed by atoms with Crippen LogP contribution in [0, 0.1) is 15.9 Å². The van der Waals surface area contributed by atoms with E-state index in [2.05, 4.69) is 0 Å². The third-order valence-electron chi connectivity index (χ3n) is 1.96. The number of halogens is 1. The molecular formula is C11H12FNO3. The van der Waals surface area contributed by atoms with Crippen LogP contribution in [0.3, 0.4) is 0 Å². The number of allylic oxidation sites excluding steroid dienone is 1. The summed E-state index contributed by atoms with van der Waals surface area (Å²) in [6.07, 6.45) is 3.58. The average molecular weight is 225 g/mol. The lowest BCUT2D eigenvalue weighted by molar-refractivity contribution is -0.387. The molecule has 0 N–H and O–H groups in total. The van der Waals surface area contributed by atoms with Gasteiger partial charge in [0, 0.05) is 11.6 Å². The summed E-state index contributed by atoms with van der Waals surface area (Å²) >= 11 is 0. The zero-order chi connectivity index (χ0) is 12.0. The average Bonchev–Trinajstić information content (AvgIpc) is 2.26. The molecule has 0 atom stereocenters. The molecule has 0 aliphatic rings. The SMILES string of the molecule is C/C=C/COCc1cccc([N+](=O)[O-])c1F. The molecule has 4 nitrogen and oxygen atoms in total. The molecular weight excluding hydrogens is 213 g/mol. The molecule has 0 spiro atoms. The Morgan fingerprint density at radius 3 is 2.94 bits per heavy atom. The highest BCUT2D eigenvalue weighted by molar-refractivity contribution is 5.36. The van der Waals surface area contributed by atoms with E-state index in [0.29, 0.717) is 6.61 Å². The molecule has 1 aromatic carbocycles. The van der Waals surface area contributed by atoms with Crippen LogP contribution in [0.2, 0.25) is 0 Å². The van der Waals surface area contributed by atoms with E-state index >= 15 is 0 Å². The van der Waals surface area contributed by atoms with Crippen molar-refractivity contribution in [3.05, 3.63) is 51.8 Å². The highest BCUT2D eigenvalue weighted by Crippen LogP contribution is 2.20. The topological polar surface area (TPSA) is 52.4 Å². The van der Waals surface area contributed by atoms with E-state index in [0.717, 1.165) is 6.07 Å². The van der Waals surface area contributed by atoms with Crippen molar-refractivity contribution in [2.75, 3.05) is 6.61 Å². The number of rotatable bonds is 5. The number of nitro groups is 1. The summed E-state index contributed by atoms with van der Waals surface area (Å²) in [6.45, 7) is 2.23. The Hall–Kier alpha value is -1.75. The largest absolute Gasteiger partial charge is 0.373 e. The van der Waals surface area contributed by atoms with Gasteiger partial charge in [-0.3, -0.25) is 10.1 Å². The van der Waals surface area contributed by atoms with Crippen molar-refractivity contribution in [2.45, 2.75) is 13.5 Å². The zero-order valence-electron chi connectivity index (χ0n) is 8.85. The summed E-state index contributed by atoms with van der Waals surface area (Å²) in [4.78, 5) is 9.72. The van der Waals surface area contributed by atoms with Crippen molar-refractivity contribution in [3.8, 4) is 0 Å². The predicted molar refractivity (Wildman–Crippen MR) is 57.5 cm³/mol. The van der Waals surface area contributed by atoms with Crippen molar-refractivity contribution in [1.82, 2.24) is 0 Å². The van der Waals surface area contributed by atoms with Gasteiger partial charge in [-0.05, 0) is 6.92 Å². The molecule has 0 heterocycles. The van der Waals surface area contributed by atoms with Crippen LogP contribution in [0.15, 0.2) is 30.4 Å². The molecule has 1 aromatic rings. The van der Waals surface area contributed by atoms with E-state index in [9.17, 15) is 14.5 Å². The van der Waals surface area contributed by atoms with E-state index in [-0.39, 0.29) is 12.2 Å². The van der Waals surface area contributed by atoms with Crippen LogP contribution in [0.5, 0.6) is 0 Å². The summed E-state index contributed by atoms with van der Waals surface area (Å²) in [7, 11) is 0. The lowest BCUT2D eigenvalue weighted by Crippen LogP contribution is -2.00. The summed E-state index contributed by atoms with van der Waals surface area (Å²) in [6, 6.07) is 4.04. The normalized spacial score (nSPS) is 10.9. The van der Waals surface area contributed by atoms with E-state index in [1.165, 1.54) is 12.1 Å². The second-order valence-corrected chi connectivity index (χ2v) is 3.09. The van der Waals surface area contributed by atoms with Crippen molar-refractivity contribution in [2.24, 2.45) is 0 Å². The van der Waals surface area contributed by atoms with Gasteiger partial charge in [0.2, 0.25) is 5.82 Å². The number of ether oxygens (including phenoxy) is 1. The fraction of sp³-hybridized carbons (Fsp3) is 0.273. The van der Waals surface area contributed by atoms with Crippen molar-refractivity contribution < 1.29 is 14.1 Å². The molecule has 0 bridgehead atoms. The molecule has 0 fully saturated rings. The number of benzene rings is 1. The Kier molecular flexibility index (Phi) is 4.60. The second-order valence-electron chi connectivity index (χ2n) is 3.09. The fourth-order valence-corrected chi connectivity index (χ4v) is 1.15. The van der Waals surface area contributed by atoms with E-state index in [1.54, 1.807) is 6.08 Å². The van der Waals surface area contributed by atoms with Gasteiger partial charge in [0.15, 0.2) is 0 Å². The first-order chi connectivity index (χ1) is 7.66. The summed E-state index contributed by atoms with van der Waals surface area (Å²) in [5.74, 6) is -0.826. The Balaban J connectivity index is 2.73. The molecule has 1 rings (SSSR count). The highest BCUT2D eigenvalue weighted by Gasteiger charge is 2.16. The monoisotopic (exact) mass is 225 g/mol. The first-order valence-corrected chi connectivity index (χ1v) is 4.77. The number of hydrogen-bond donors (Lipinski definition) is 0. The highest BCUT2D eigenvalue weighted by atomic mass is 19.1. The van der Waals surface area contributed by atoms with Crippen LogP contribution in [0.25, 0.3) is 0 Å². The third kappa shape index (κ3) is 3.13. The molecule has 0 aromatic heterocycles. The quantitative estimate of drug-likeness (QED) is 0.335. The maximum absolute atomic E-state index is 13.5. The van der Waals surface area contributed by atoms with E-state index in [4.69, 9.17) is 4.74 Å². The van der Waals surface area contributed by atoms with Crippen LogP contribution < -0.4 is 0 Å². The van der Waals surface area contributed by atoms with E-state index < -0.39 is 16.4 Å². The van der Waals surface area contributed by atoms with Crippen LogP contribution in [0.4, 0.5) is 10.1 Å². The van der Waals surface area contributed by atoms with Crippen LogP contribution in [-0.4, -0.2) is 11.5 Å². The van der Waals surface area contributed by atoms with Gasteiger partial charge in [-0.15, -0.1) is 0 Å². The Morgan fingerprint density at radius 2 is 2.31 bits per heavy atom. The minimum atomic E-state index is -0.826.